The summed E-state index contributed by atoms with van der Waals surface area (Å²) in [6.07, 6.45) is -62.0. The SMILES string of the molecule is COC(=O)CC(CO)O[C@@H]1[C@@H](O)[C@H]2O[C@H]3[C@H](O)[C@@H](O)[C@@H](O[C@H]4[C@H](O)[C@@H](O)[C@@H](O[C@H]5[C@H](O)[C@@H](O)[C@@H](O[C@H]6[C@H](O)[C@@H](O)[C@@H](O[C@H]7[C@H](O)[C@@H](O)[C@@H](O[C@H]1[C@@H](CO)O2)O[C@@H]7CO)O[C@@H]6CO)O[C@@H]5CO)O[C@@H]4CO)O[C@@H]3CO. The lowest BCUT2D eigenvalue weighted by Crippen LogP contribution is -2.69. The summed E-state index contributed by atoms with van der Waals surface area (Å²) < 4.78 is 79.7. The van der Waals surface area contributed by atoms with E-state index in [9.17, 15) is 96.7 Å². The van der Waals surface area contributed by atoms with Gasteiger partial charge in [-0.15, -0.1) is 0 Å². The molecule has 22 rings (SSSR count). The number of carbonyl (C=O) groups is 1. The smallest absolute Gasteiger partial charge is 0.308 e. The highest BCUT2D eigenvalue weighted by molar-refractivity contribution is 5.69. The summed E-state index contributed by atoms with van der Waals surface area (Å²) in [5, 5.41) is 198. The number of methoxy groups -OCH3 is 1. The van der Waals surface area contributed by atoms with Gasteiger partial charge in [-0.3, -0.25) is 4.79 Å². The number of aliphatic hydroxyl groups excluding tert-OH is 18. The molecule has 0 saturated carbocycles. The molecule has 0 radical (unpaired) electrons. The summed E-state index contributed by atoms with van der Waals surface area (Å²) in [6.45, 7) is -7.17. The minimum absolute atomic E-state index is 0.665. The van der Waals surface area contributed by atoms with Crippen LogP contribution in [0.15, 0.2) is 0 Å². The first-order valence-corrected chi connectivity index (χ1v) is 23.6. The van der Waals surface area contributed by atoms with Crippen LogP contribution in [0, 0.1) is 0 Å². The van der Waals surface area contributed by atoms with Gasteiger partial charge < -0.3 is 158 Å². The Kier molecular flexibility index (Phi) is 21.0. The highest BCUT2D eigenvalue weighted by Crippen LogP contribution is 2.39. The van der Waals surface area contributed by atoms with Gasteiger partial charge in [-0.05, 0) is 0 Å². The van der Waals surface area contributed by atoms with Crippen LogP contribution in [0.1, 0.15) is 6.42 Å². The molecule has 1 unspecified atom stereocenters. The van der Waals surface area contributed by atoms with Crippen LogP contribution in [-0.2, 0) is 71.1 Å². The summed E-state index contributed by atoms with van der Waals surface area (Å²) >= 11 is 0. The lowest BCUT2D eigenvalue weighted by Gasteiger charge is -2.51. The number of rotatable bonds is 11. The van der Waals surface area contributed by atoms with E-state index in [1.165, 1.54) is 0 Å². The summed E-state index contributed by atoms with van der Waals surface area (Å²) in [7, 11) is 1.02. The summed E-state index contributed by atoms with van der Waals surface area (Å²) in [4.78, 5) is 12.3. The Hall–Kier alpha value is -1.77. The third-order valence-corrected chi connectivity index (χ3v) is 13.8. The second-order valence-electron chi connectivity index (χ2n) is 18.5. The van der Waals surface area contributed by atoms with Gasteiger partial charge in [0.25, 0.3) is 0 Å². The highest BCUT2D eigenvalue weighted by atomic mass is 16.8. The van der Waals surface area contributed by atoms with Crippen LogP contribution < -0.4 is 0 Å². The van der Waals surface area contributed by atoms with Crippen LogP contribution in [-0.4, -0.2) is 342 Å². The summed E-state index contributed by atoms with van der Waals surface area (Å²) in [6, 6.07) is 0. The first-order valence-electron chi connectivity index (χ1n) is 23.6. The second-order valence-corrected chi connectivity index (χ2v) is 18.5. The van der Waals surface area contributed by atoms with E-state index in [4.69, 9.17) is 61.6 Å². The van der Waals surface area contributed by atoms with Crippen molar-refractivity contribution in [1.29, 1.82) is 0 Å². The molecule has 12 bridgehead atoms. The van der Waals surface area contributed by atoms with Crippen LogP contribution >= 0.6 is 0 Å². The van der Waals surface area contributed by atoms with E-state index in [2.05, 4.69) is 4.74 Å². The fourth-order valence-electron chi connectivity index (χ4n) is 9.72. The van der Waals surface area contributed by atoms with Crippen molar-refractivity contribution in [2.75, 3.05) is 53.4 Å². The maximum Gasteiger partial charge on any atom is 0.308 e. The fourth-order valence-corrected chi connectivity index (χ4v) is 9.72. The molecule has 0 aromatic carbocycles. The van der Waals surface area contributed by atoms with Crippen LogP contribution in [0.2, 0.25) is 0 Å². The highest BCUT2D eigenvalue weighted by Gasteiger charge is 2.59. The number of hydrogen-bond donors (Lipinski definition) is 18. The second kappa shape index (κ2) is 26.0. The van der Waals surface area contributed by atoms with Crippen LogP contribution in [0.25, 0.3) is 0 Å². The molecule has 31 atom stereocenters. The van der Waals surface area contributed by atoms with Crippen molar-refractivity contribution in [3.63, 3.8) is 0 Å². The number of ether oxygens (including phenoxy) is 14. The first kappa shape index (κ1) is 59.9. The van der Waals surface area contributed by atoms with E-state index in [-0.39, 0.29) is 0 Å². The molecule has 22 aliphatic heterocycles. The van der Waals surface area contributed by atoms with Crippen molar-refractivity contribution in [3.8, 4) is 0 Å². The zero-order valence-electron chi connectivity index (χ0n) is 39.2. The largest absolute Gasteiger partial charge is 0.469 e. The first-order chi connectivity index (χ1) is 35.3. The van der Waals surface area contributed by atoms with Crippen LogP contribution in [0.5, 0.6) is 0 Å². The topological polar surface area (TPSA) is 510 Å². The lowest BCUT2D eigenvalue weighted by molar-refractivity contribution is -0.405. The zero-order valence-corrected chi connectivity index (χ0v) is 39.2. The Balaban J connectivity index is 1.24. The van der Waals surface area contributed by atoms with Crippen LogP contribution in [0.3, 0.4) is 0 Å². The molecule has 0 aromatic rings. The maximum absolute atomic E-state index is 12.3. The van der Waals surface area contributed by atoms with Gasteiger partial charge in [-0.2, -0.15) is 0 Å². The predicted octanol–water partition coefficient (Wildman–Crippen LogP) is -13.1. The van der Waals surface area contributed by atoms with E-state index in [0.29, 0.717) is 0 Å². The van der Waals surface area contributed by atoms with Gasteiger partial charge in [-0.25, -0.2) is 0 Å². The standard InChI is InChI=1S/C41H68O33/c1-61-17(49)2-10(3-42)62-35-28(60)41-68-16(9-48)34(35)74-40-27(59)22(54)32(14(7-46)67-40)72-38-25(57)20(52)30(12(5-44)65-38)70-36-23(55)18(50)29(11(4-43)63-36)69-37-24(56)19(51)31(13(6-45)64-37)71-39-26(58)21(53)33(73-41)15(8-47)66-39/h10-16,18-48,50-60H,2-9H2,1H3/t10?,11-,12-,13-,14-,15-,16-,18-,19-,20-,21-,22-,23-,24-,25-,26-,27-,28-,29-,30-,31-,32-,33-,34+,35-,36-,37-,38-,39-,40-,41-/m1/s1. The Labute approximate surface area is 418 Å². The van der Waals surface area contributed by atoms with Crippen molar-refractivity contribution < 1.29 is 163 Å². The van der Waals surface area contributed by atoms with Crippen molar-refractivity contribution in [2.24, 2.45) is 0 Å². The summed E-state index contributed by atoms with van der Waals surface area (Å²) in [5.74, 6) is -0.919. The summed E-state index contributed by atoms with van der Waals surface area (Å²) in [5.41, 5.74) is 0. The Morgan fingerprint density at radius 2 is 0.581 bits per heavy atom. The van der Waals surface area contributed by atoms with Crippen LogP contribution in [0.4, 0.5) is 0 Å². The van der Waals surface area contributed by atoms with Gasteiger partial charge in [0.15, 0.2) is 37.7 Å². The molecular weight excluding hydrogens is 1020 g/mol. The molecule has 22 aliphatic rings. The van der Waals surface area contributed by atoms with Gasteiger partial charge in [0, 0.05) is 0 Å². The van der Waals surface area contributed by atoms with E-state index in [1.807, 2.05) is 0 Å². The average Bonchev–Trinajstić information content (AvgIpc) is 3.39. The zero-order chi connectivity index (χ0) is 54.0. The molecule has 0 spiro atoms. The number of hydrogen-bond acceptors (Lipinski definition) is 33. The van der Waals surface area contributed by atoms with Crippen molar-refractivity contribution in [2.45, 2.75) is 197 Å². The van der Waals surface area contributed by atoms with E-state index in [1.54, 1.807) is 0 Å². The van der Waals surface area contributed by atoms with E-state index >= 15 is 0 Å². The molecule has 22 heterocycles. The maximum atomic E-state index is 12.3. The van der Waals surface area contributed by atoms with Gasteiger partial charge in [0.1, 0.15) is 146 Å². The molecule has 74 heavy (non-hydrogen) atoms. The quantitative estimate of drug-likeness (QED) is 0.0854. The Morgan fingerprint density at radius 3 is 0.811 bits per heavy atom. The minimum atomic E-state index is -2.23. The molecule has 18 N–H and O–H groups in total. The molecule has 22 fully saturated rings. The molecule has 430 valence electrons. The molecule has 0 aliphatic carbocycles. The van der Waals surface area contributed by atoms with Gasteiger partial charge in [0.05, 0.1) is 65.9 Å². The molecule has 22 saturated heterocycles. The number of carbonyl (C=O) groups excluding carboxylic acids is 1. The monoisotopic (exact) mass is 1090 g/mol. The molecular formula is C41H68O33. The molecule has 0 aromatic heterocycles. The fraction of sp³-hybridized carbons (Fsp3) is 0.976. The molecule has 33 heteroatoms. The van der Waals surface area contributed by atoms with Gasteiger partial charge in [-0.1, -0.05) is 0 Å². The normalized spacial score (nSPS) is 51.0. The van der Waals surface area contributed by atoms with Gasteiger partial charge in [0.2, 0.25) is 0 Å². The third kappa shape index (κ3) is 12.2. The van der Waals surface area contributed by atoms with Crippen molar-refractivity contribution >= 4 is 5.97 Å². The number of esters is 1. The number of aliphatic hydroxyl groups is 18. The predicted molar refractivity (Wildman–Crippen MR) is 222 cm³/mol. The lowest BCUT2D eigenvalue weighted by atomic mass is 9.94. The minimum Gasteiger partial charge on any atom is -0.469 e. The molecule has 33 nitrogen and oxygen atoms in total. The van der Waals surface area contributed by atoms with Gasteiger partial charge >= 0.3 is 5.97 Å². The van der Waals surface area contributed by atoms with E-state index in [0.717, 1.165) is 7.11 Å². The third-order valence-electron chi connectivity index (χ3n) is 13.8. The van der Waals surface area contributed by atoms with E-state index < -0.39 is 249 Å². The average molecular weight is 1090 g/mol. The Morgan fingerprint density at radius 1 is 0.351 bits per heavy atom. The van der Waals surface area contributed by atoms with Crippen molar-refractivity contribution in [1.82, 2.24) is 0 Å². The Bertz CT molecular complexity index is 1730. The molecule has 0 amide bonds. The van der Waals surface area contributed by atoms with Crippen molar-refractivity contribution in [3.05, 3.63) is 0 Å².